The van der Waals surface area contributed by atoms with Crippen LogP contribution in [-0.2, 0) is 0 Å². The van der Waals surface area contributed by atoms with E-state index >= 15 is 0 Å². The third-order valence-electron chi connectivity index (χ3n) is 2.40. The van der Waals surface area contributed by atoms with Crippen LogP contribution in [0, 0.1) is 25.2 Å². The summed E-state index contributed by atoms with van der Waals surface area (Å²) in [6, 6.07) is 4.01. The Kier molecular flexibility index (Phi) is 1.56. The molecule has 1 aromatic heterocycles. The highest BCUT2D eigenvalue weighted by atomic mass is 14.9. The maximum Gasteiger partial charge on any atom is 0.0995 e. The Morgan fingerprint density at radius 1 is 1.38 bits per heavy atom. The predicted octanol–water partition coefficient (Wildman–Crippen LogP) is 2.05. The molecule has 0 spiro atoms. The van der Waals surface area contributed by atoms with Crippen molar-refractivity contribution in [2.24, 2.45) is 0 Å². The molecule has 2 aromatic rings. The molecule has 0 aliphatic rings. The molecule has 0 radical (unpaired) electrons. The van der Waals surface area contributed by atoms with Gasteiger partial charge < -0.3 is 4.98 Å². The van der Waals surface area contributed by atoms with Gasteiger partial charge in [-0.15, -0.1) is 0 Å². The summed E-state index contributed by atoms with van der Waals surface area (Å²) in [4.78, 5) is 7.19. The first-order chi connectivity index (χ1) is 6.24. The van der Waals surface area contributed by atoms with E-state index in [2.05, 4.69) is 16.0 Å². The van der Waals surface area contributed by atoms with Crippen molar-refractivity contribution in [2.75, 3.05) is 0 Å². The minimum Gasteiger partial charge on any atom is -0.345 e. The zero-order valence-electron chi connectivity index (χ0n) is 7.55. The van der Waals surface area contributed by atoms with Gasteiger partial charge in [-0.1, -0.05) is 0 Å². The third-order valence-corrected chi connectivity index (χ3v) is 2.40. The van der Waals surface area contributed by atoms with Gasteiger partial charge in [0.2, 0.25) is 0 Å². The van der Waals surface area contributed by atoms with Crippen LogP contribution >= 0.6 is 0 Å². The van der Waals surface area contributed by atoms with Crippen molar-refractivity contribution in [1.82, 2.24) is 9.97 Å². The summed E-state index contributed by atoms with van der Waals surface area (Å²) in [7, 11) is 0. The smallest absolute Gasteiger partial charge is 0.0995 e. The number of hydrogen-bond acceptors (Lipinski definition) is 2. The predicted molar refractivity (Wildman–Crippen MR) is 50.3 cm³/mol. The van der Waals surface area contributed by atoms with Crippen LogP contribution in [0.5, 0.6) is 0 Å². The number of nitrogens with zero attached hydrogens (tertiary/aromatic N) is 2. The van der Waals surface area contributed by atoms with E-state index in [0.29, 0.717) is 5.56 Å². The van der Waals surface area contributed by atoms with Gasteiger partial charge in [0.25, 0.3) is 0 Å². The highest BCUT2D eigenvalue weighted by Gasteiger charge is 2.07. The van der Waals surface area contributed by atoms with Crippen LogP contribution in [0.1, 0.15) is 16.7 Å². The zero-order valence-corrected chi connectivity index (χ0v) is 7.55. The Morgan fingerprint density at radius 3 is 2.85 bits per heavy atom. The minimum absolute atomic E-state index is 0.717. The van der Waals surface area contributed by atoms with Gasteiger partial charge in [0.05, 0.1) is 29.0 Å². The van der Waals surface area contributed by atoms with Crippen molar-refractivity contribution in [3.63, 3.8) is 0 Å². The van der Waals surface area contributed by atoms with Crippen molar-refractivity contribution in [2.45, 2.75) is 13.8 Å². The van der Waals surface area contributed by atoms with Gasteiger partial charge >= 0.3 is 0 Å². The molecule has 0 aliphatic heterocycles. The summed E-state index contributed by atoms with van der Waals surface area (Å²) in [5.41, 5.74) is 4.70. The molecule has 13 heavy (non-hydrogen) atoms. The van der Waals surface area contributed by atoms with E-state index in [0.717, 1.165) is 22.2 Å². The van der Waals surface area contributed by atoms with Crippen molar-refractivity contribution >= 4 is 11.0 Å². The second-order valence-corrected chi connectivity index (χ2v) is 3.08. The minimum atomic E-state index is 0.717. The molecule has 0 bridgehead atoms. The Bertz CT molecular complexity index is 503. The van der Waals surface area contributed by atoms with Gasteiger partial charge in [0, 0.05) is 0 Å². The van der Waals surface area contributed by atoms with E-state index in [1.54, 1.807) is 6.33 Å². The van der Waals surface area contributed by atoms with E-state index in [-0.39, 0.29) is 0 Å². The molecule has 0 atom stereocenters. The molecular formula is C10H9N3. The van der Waals surface area contributed by atoms with Crippen LogP contribution in [0.3, 0.4) is 0 Å². The second-order valence-electron chi connectivity index (χ2n) is 3.08. The lowest BCUT2D eigenvalue weighted by atomic mass is 10.0. The van der Waals surface area contributed by atoms with E-state index in [9.17, 15) is 0 Å². The van der Waals surface area contributed by atoms with E-state index in [1.807, 2.05) is 19.9 Å². The molecule has 3 nitrogen and oxygen atoms in total. The number of aromatic amines is 1. The number of hydrogen-bond donors (Lipinski definition) is 1. The van der Waals surface area contributed by atoms with Gasteiger partial charge in [-0.05, 0) is 31.0 Å². The number of nitriles is 1. The van der Waals surface area contributed by atoms with Crippen molar-refractivity contribution in [3.8, 4) is 6.07 Å². The highest BCUT2D eigenvalue weighted by molar-refractivity contribution is 5.81. The van der Waals surface area contributed by atoms with Gasteiger partial charge in [-0.25, -0.2) is 4.98 Å². The molecule has 1 aromatic carbocycles. The lowest BCUT2D eigenvalue weighted by Crippen LogP contribution is -1.88. The van der Waals surface area contributed by atoms with Crippen molar-refractivity contribution in [1.29, 1.82) is 5.26 Å². The number of rotatable bonds is 0. The van der Waals surface area contributed by atoms with E-state index in [4.69, 9.17) is 5.26 Å². The van der Waals surface area contributed by atoms with Crippen LogP contribution < -0.4 is 0 Å². The van der Waals surface area contributed by atoms with E-state index in [1.165, 1.54) is 0 Å². The number of nitrogens with one attached hydrogen (secondary N) is 1. The van der Waals surface area contributed by atoms with E-state index < -0.39 is 0 Å². The summed E-state index contributed by atoms with van der Waals surface area (Å²) >= 11 is 0. The van der Waals surface area contributed by atoms with Crippen LogP contribution in [0.15, 0.2) is 12.4 Å². The molecule has 1 N–H and O–H groups in total. The summed E-state index contributed by atoms with van der Waals surface area (Å²) in [5, 5.41) is 8.86. The largest absolute Gasteiger partial charge is 0.345 e. The molecule has 0 unspecified atom stereocenters. The monoisotopic (exact) mass is 171 g/mol. The SMILES string of the molecule is Cc1c(C#N)cc2[nH]cnc2c1C. The molecule has 2 rings (SSSR count). The third kappa shape index (κ3) is 0.994. The number of imidazole rings is 1. The van der Waals surface area contributed by atoms with Crippen LogP contribution in [0.4, 0.5) is 0 Å². The second kappa shape index (κ2) is 2.60. The highest BCUT2D eigenvalue weighted by Crippen LogP contribution is 2.21. The molecule has 0 saturated carbocycles. The number of aromatic nitrogens is 2. The molecule has 3 heteroatoms. The average molecular weight is 171 g/mol. The Labute approximate surface area is 76.0 Å². The van der Waals surface area contributed by atoms with Gasteiger partial charge in [0.15, 0.2) is 0 Å². The molecule has 0 fully saturated rings. The Morgan fingerprint density at radius 2 is 2.15 bits per heavy atom. The topological polar surface area (TPSA) is 52.5 Å². The Balaban J connectivity index is 2.94. The van der Waals surface area contributed by atoms with Crippen molar-refractivity contribution < 1.29 is 0 Å². The Hall–Kier alpha value is -1.82. The maximum absolute atomic E-state index is 8.86. The normalized spacial score (nSPS) is 10.2. The average Bonchev–Trinajstić information content (AvgIpc) is 2.59. The van der Waals surface area contributed by atoms with Crippen molar-refractivity contribution in [3.05, 3.63) is 29.1 Å². The molecule has 64 valence electrons. The number of aryl methyl sites for hydroxylation is 1. The fourth-order valence-corrected chi connectivity index (χ4v) is 1.46. The van der Waals surface area contributed by atoms with Gasteiger partial charge in [-0.2, -0.15) is 5.26 Å². The molecule has 0 amide bonds. The van der Waals surface area contributed by atoms with Gasteiger partial charge in [-0.3, -0.25) is 0 Å². The van der Waals surface area contributed by atoms with Crippen LogP contribution in [0.2, 0.25) is 0 Å². The molecule has 0 aliphatic carbocycles. The molecular weight excluding hydrogens is 162 g/mol. The lowest BCUT2D eigenvalue weighted by molar-refractivity contribution is 1.31. The molecule has 1 heterocycles. The lowest BCUT2D eigenvalue weighted by Gasteiger charge is -2.02. The van der Waals surface area contributed by atoms with Crippen LogP contribution in [-0.4, -0.2) is 9.97 Å². The quantitative estimate of drug-likeness (QED) is 0.659. The van der Waals surface area contributed by atoms with Crippen LogP contribution in [0.25, 0.3) is 11.0 Å². The fourth-order valence-electron chi connectivity index (χ4n) is 1.46. The first kappa shape index (κ1) is 7.81. The maximum atomic E-state index is 8.86. The zero-order chi connectivity index (χ0) is 9.42. The van der Waals surface area contributed by atoms with Gasteiger partial charge in [0.1, 0.15) is 0 Å². The summed E-state index contributed by atoms with van der Waals surface area (Å²) in [6.45, 7) is 3.93. The summed E-state index contributed by atoms with van der Waals surface area (Å²) in [5.74, 6) is 0. The first-order valence-corrected chi connectivity index (χ1v) is 4.07. The fraction of sp³-hybridized carbons (Fsp3) is 0.200. The first-order valence-electron chi connectivity index (χ1n) is 4.07. The molecule has 0 saturated heterocycles. The summed E-state index contributed by atoms with van der Waals surface area (Å²) < 4.78 is 0. The number of benzene rings is 1. The number of H-pyrrole nitrogens is 1. The summed E-state index contributed by atoms with van der Waals surface area (Å²) in [6.07, 6.45) is 1.65. The standard InChI is InChI=1S/C10H9N3/c1-6-7(2)10-9(12-5-13-10)3-8(6)4-11/h3,5H,1-2H3,(H,12,13). The number of fused-ring (bicyclic) bond motifs is 1.